The lowest BCUT2D eigenvalue weighted by Crippen LogP contribution is -2.32. The van der Waals surface area contributed by atoms with Crippen molar-refractivity contribution in [3.05, 3.63) is 20.9 Å². The minimum atomic E-state index is -0.734. The Morgan fingerprint density at radius 3 is 2.83 bits per heavy atom. The summed E-state index contributed by atoms with van der Waals surface area (Å²) in [5.74, 6) is 5.98. The molecule has 2 aliphatic rings. The zero-order valence-electron chi connectivity index (χ0n) is 14.4. The van der Waals surface area contributed by atoms with E-state index in [1.165, 1.54) is 11.3 Å². The third-order valence-corrected chi connectivity index (χ3v) is 6.96. The van der Waals surface area contributed by atoms with Crippen LogP contribution in [0.5, 0.6) is 0 Å². The van der Waals surface area contributed by atoms with Crippen molar-refractivity contribution in [2.75, 3.05) is 13.6 Å². The van der Waals surface area contributed by atoms with Crippen LogP contribution < -0.4 is 5.84 Å². The predicted octanol–water partition coefficient (Wildman–Crippen LogP) is 3.65. The van der Waals surface area contributed by atoms with Crippen LogP contribution in [0.2, 0.25) is 0 Å². The van der Waals surface area contributed by atoms with E-state index in [9.17, 15) is 9.90 Å². The molecule has 1 aromatic heterocycles. The molecule has 128 valence electrons. The highest BCUT2D eigenvalue weighted by atomic mass is 32.1. The van der Waals surface area contributed by atoms with Crippen LogP contribution in [0.25, 0.3) is 0 Å². The van der Waals surface area contributed by atoms with Gasteiger partial charge in [0.15, 0.2) is 0 Å². The number of hydrazine groups is 1. The van der Waals surface area contributed by atoms with E-state index in [2.05, 4.69) is 13.8 Å². The largest absolute Gasteiger partial charge is 0.478 e. The number of carboxylic acids is 1. The van der Waals surface area contributed by atoms with Gasteiger partial charge in [0.05, 0.1) is 5.56 Å². The van der Waals surface area contributed by atoms with Crippen molar-refractivity contribution in [1.29, 1.82) is 0 Å². The van der Waals surface area contributed by atoms with Gasteiger partial charge in [-0.25, -0.2) is 9.80 Å². The van der Waals surface area contributed by atoms with E-state index < -0.39 is 5.97 Å². The predicted molar refractivity (Wildman–Crippen MR) is 94.0 cm³/mol. The third-order valence-electron chi connectivity index (χ3n) is 5.53. The van der Waals surface area contributed by atoms with Crippen LogP contribution in [-0.2, 0) is 12.8 Å². The van der Waals surface area contributed by atoms with Crippen molar-refractivity contribution >= 4 is 17.3 Å². The molecule has 0 bridgehead atoms. The second kappa shape index (κ2) is 6.19. The van der Waals surface area contributed by atoms with Crippen LogP contribution in [0.3, 0.4) is 0 Å². The van der Waals surface area contributed by atoms with Crippen LogP contribution in [0.15, 0.2) is 0 Å². The average Bonchev–Trinajstić information content (AvgIpc) is 3.00. The molecule has 0 aliphatic heterocycles. The Bertz CT molecular complexity index is 606. The molecule has 4 nitrogen and oxygen atoms in total. The summed E-state index contributed by atoms with van der Waals surface area (Å²) in [6.45, 7) is 5.35. The number of rotatable bonds is 4. The van der Waals surface area contributed by atoms with E-state index in [0.717, 1.165) is 49.1 Å². The number of thiophene rings is 1. The molecule has 0 amide bonds. The molecule has 1 saturated carbocycles. The van der Waals surface area contributed by atoms with Crippen LogP contribution >= 0.6 is 11.3 Å². The monoisotopic (exact) mass is 336 g/mol. The highest BCUT2D eigenvalue weighted by molar-refractivity contribution is 7.12. The van der Waals surface area contributed by atoms with Gasteiger partial charge < -0.3 is 5.11 Å². The van der Waals surface area contributed by atoms with Crippen molar-refractivity contribution < 1.29 is 9.90 Å². The highest BCUT2D eigenvalue weighted by Gasteiger charge is 2.38. The molecule has 0 spiro atoms. The normalized spacial score (nSPS) is 26.5. The Balaban J connectivity index is 2.00. The Morgan fingerprint density at radius 1 is 1.43 bits per heavy atom. The summed E-state index contributed by atoms with van der Waals surface area (Å²) < 4.78 is 0. The summed E-state index contributed by atoms with van der Waals surface area (Å²) >= 11 is 1.78. The van der Waals surface area contributed by atoms with Crippen molar-refractivity contribution in [2.45, 2.75) is 58.3 Å². The van der Waals surface area contributed by atoms with Crippen LogP contribution in [0, 0.1) is 11.3 Å². The molecule has 5 heteroatoms. The molecule has 3 N–H and O–H groups in total. The number of hydrogen-bond acceptors (Lipinski definition) is 4. The van der Waals surface area contributed by atoms with Gasteiger partial charge in [-0.3, -0.25) is 5.84 Å². The number of aryl methyl sites for hydroxylation is 1. The Kier molecular flexibility index (Phi) is 4.55. The number of nitrogens with two attached hydrogens (primary N) is 1. The van der Waals surface area contributed by atoms with Gasteiger partial charge in [-0.05, 0) is 54.9 Å². The van der Waals surface area contributed by atoms with Gasteiger partial charge in [-0.2, -0.15) is 0 Å². The minimum absolute atomic E-state index is 0.210. The molecule has 0 radical (unpaired) electrons. The van der Waals surface area contributed by atoms with Crippen LogP contribution in [-0.4, -0.2) is 29.7 Å². The Hall–Kier alpha value is -0.910. The fraction of sp³-hybridized carbons (Fsp3) is 0.722. The second-order valence-electron chi connectivity index (χ2n) is 8.13. The number of carboxylic acid groups (broad SMARTS) is 1. The molecule has 3 rings (SSSR count). The first-order valence-corrected chi connectivity index (χ1v) is 9.44. The summed E-state index contributed by atoms with van der Waals surface area (Å²) in [6.07, 6.45) is 6.51. The topological polar surface area (TPSA) is 66.6 Å². The summed E-state index contributed by atoms with van der Waals surface area (Å²) in [6, 6.07) is 0. The molecule has 1 heterocycles. The van der Waals surface area contributed by atoms with Gasteiger partial charge in [0.25, 0.3) is 0 Å². The average molecular weight is 337 g/mol. The van der Waals surface area contributed by atoms with E-state index in [1.54, 1.807) is 16.3 Å². The molecule has 0 saturated heterocycles. The zero-order valence-corrected chi connectivity index (χ0v) is 15.2. The fourth-order valence-electron chi connectivity index (χ4n) is 4.41. The number of fused-ring (bicyclic) bond motifs is 1. The lowest BCUT2D eigenvalue weighted by atomic mass is 9.75. The van der Waals surface area contributed by atoms with Crippen LogP contribution in [0.4, 0.5) is 0 Å². The molecule has 1 fully saturated rings. The van der Waals surface area contributed by atoms with Crippen LogP contribution in [0.1, 0.15) is 71.1 Å². The summed E-state index contributed by atoms with van der Waals surface area (Å²) in [5, 5.41) is 11.6. The maximum atomic E-state index is 12.0. The minimum Gasteiger partial charge on any atom is -0.478 e. The first-order valence-electron chi connectivity index (χ1n) is 8.62. The molecule has 23 heavy (non-hydrogen) atoms. The lowest BCUT2D eigenvalue weighted by molar-refractivity contribution is 0.0693. The number of nitrogens with zero attached hydrogens (tertiary/aromatic N) is 1. The van der Waals surface area contributed by atoms with Gasteiger partial charge in [0.2, 0.25) is 0 Å². The van der Waals surface area contributed by atoms with Gasteiger partial charge in [0.1, 0.15) is 0 Å². The van der Waals surface area contributed by atoms with E-state index in [1.807, 2.05) is 7.05 Å². The smallest absolute Gasteiger partial charge is 0.337 e. The van der Waals surface area contributed by atoms with Gasteiger partial charge in [-0.1, -0.05) is 20.3 Å². The number of carbonyl (C=O) groups is 1. The molecule has 2 atom stereocenters. The van der Waals surface area contributed by atoms with Crippen molar-refractivity contribution in [3.8, 4) is 0 Å². The Morgan fingerprint density at radius 2 is 2.17 bits per heavy atom. The van der Waals surface area contributed by atoms with E-state index in [-0.39, 0.29) is 5.41 Å². The number of aromatic carboxylic acids is 1. The molecule has 0 unspecified atom stereocenters. The first-order chi connectivity index (χ1) is 10.8. The molecular weight excluding hydrogens is 308 g/mol. The fourth-order valence-corrected chi connectivity index (χ4v) is 5.95. The molecule has 1 aromatic rings. The molecular formula is C18H28N2O2S. The van der Waals surface area contributed by atoms with Crippen molar-refractivity contribution in [1.82, 2.24) is 5.01 Å². The quantitative estimate of drug-likeness (QED) is 0.650. The van der Waals surface area contributed by atoms with Gasteiger partial charge >= 0.3 is 5.97 Å². The molecule has 2 aliphatic carbocycles. The zero-order chi connectivity index (χ0) is 16.8. The van der Waals surface area contributed by atoms with E-state index in [0.29, 0.717) is 17.4 Å². The van der Waals surface area contributed by atoms with E-state index in [4.69, 9.17) is 5.84 Å². The summed E-state index contributed by atoms with van der Waals surface area (Å²) in [4.78, 5) is 14.5. The highest BCUT2D eigenvalue weighted by Crippen LogP contribution is 2.49. The van der Waals surface area contributed by atoms with E-state index >= 15 is 0 Å². The standard InChI is InChI=1S/C18H28N2O2S/c1-18(2)8-7-14-13(9-18)15(17(21)22)16(23-14)12-6-4-5-11(12)10-20(3)19/h11-12H,4-10,19H2,1-3H3,(H,21,22)/t11-,12-/m1/s1. The SMILES string of the molecule is CN(N)C[C@H]1CCC[C@H]1c1sc2c(c1C(=O)O)CC(C)(C)CC2. The maximum absolute atomic E-state index is 12.0. The van der Waals surface area contributed by atoms with Gasteiger partial charge in [0, 0.05) is 23.3 Å². The van der Waals surface area contributed by atoms with Gasteiger partial charge in [-0.15, -0.1) is 11.3 Å². The maximum Gasteiger partial charge on any atom is 0.337 e. The molecule has 0 aromatic carbocycles. The summed E-state index contributed by atoms with van der Waals surface area (Å²) in [5.41, 5.74) is 1.97. The second-order valence-corrected chi connectivity index (χ2v) is 9.26. The van der Waals surface area contributed by atoms with Crippen molar-refractivity contribution in [2.24, 2.45) is 17.2 Å². The Labute approximate surface area is 142 Å². The summed E-state index contributed by atoms with van der Waals surface area (Å²) in [7, 11) is 1.90. The third kappa shape index (κ3) is 3.32. The first kappa shape index (κ1) is 16.9. The van der Waals surface area contributed by atoms with Crippen molar-refractivity contribution in [3.63, 3.8) is 0 Å². The lowest BCUT2D eigenvalue weighted by Gasteiger charge is -2.29. The number of hydrogen-bond donors (Lipinski definition) is 2.